The molecule has 0 aliphatic carbocycles. The quantitative estimate of drug-likeness (QED) is 0.866. The number of benzene rings is 2. The summed E-state index contributed by atoms with van der Waals surface area (Å²) in [4.78, 5) is 12.0. The number of carbonyl (C=O) groups excluding carboxylic acids is 1. The molecule has 1 N–H and O–H groups in total. The molecule has 6 heteroatoms. The van der Waals surface area contributed by atoms with Crippen molar-refractivity contribution < 1.29 is 14.3 Å². The highest BCUT2D eigenvalue weighted by Gasteiger charge is 2.10. The normalized spacial score (nSPS) is 9.83. The number of aryl methyl sites for hydroxylation is 1. The van der Waals surface area contributed by atoms with Crippen molar-refractivity contribution in [3.63, 3.8) is 0 Å². The first-order chi connectivity index (χ1) is 11.0. The van der Waals surface area contributed by atoms with Gasteiger partial charge in [-0.1, -0.05) is 6.07 Å². The van der Waals surface area contributed by atoms with Crippen LogP contribution in [0.1, 0.15) is 11.1 Å². The van der Waals surface area contributed by atoms with Crippen molar-refractivity contribution in [2.45, 2.75) is 6.92 Å². The van der Waals surface area contributed by atoms with Crippen LogP contribution in [-0.2, 0) is 4.79 Å². The number of nitriles is 1. The molecule has 0 fully saturated rings. The van der Waals surface area contributed by atoms with Gasteiger partial charge in [0.05, 0.1) is 24.4 Å². The molecule has 118 valence electrons. The van der Waals surface area contributed by atoms with Crippen LogP contribution in [0.15, 0.2) is 40.9 Å². The Morgan fingerprint density at radius 2 is 2.04 bits per heavy atom. The lowest BCUT2D eigenvalue weighted by Crippen LogP contribution is -2.20. The predicted molar refractivity (Wildman–Crippen MR) is 90.7 cm³/mol. The van der Waals surface area contributed by atoms with Gasteiger partial charge >= 0.3 is 0 Å². The Kier molecular flexibility index (Phi) is 5.61. The van der Waals surface area contributed by atoms with Crippen LogP contribution in [0.5, 0.6) is 11.5 Å². The molecule has 0 saturated carbocycles. The van der Waals surface area contributed by atoms with E-state index in [0.717, 1.165) is 10.0 Å². The fourth-order valence-electron chi connectivity index (χ4n) is 1.91. The molecule has 0 aromatic heterocycles. The van der Waals surface area contributed by atoms with E-state index in [9.17, 15) is 4.79 Å². The molecule has 2 aromatic carbocycles. The molecule has 0 saturated heterocycles. The second-order valence-corrected chi connectivity index (χ2v) is 5.65. The zero-order valence-electron chi connectivity index (χ0n) is 12.7. The van der Waals surface area contributed by atoms with Crippen molar-refractivity contribution in [3.05, 3.63) is 52.0 Å². The highest BCUT2D eigenvalue weighted by molar-refractivity contribution is 9.10. The number of halogens is 1. The molecule has 2 aromatic rings. The van der Waals surface area contributed by atoms with Gasteiger partial charge in [0.1, 0.15) is 0 Å². The minimum Gasteiger partial charge on any atom is -0.493 e. The molecule has 0 atom stereocenters. The fraction of sp³-hybridized carbons (Fsp3) is 0.176. The van der Waals surface area contributed by atoms with Crippen LogP contribution in [0, 0.1) is 18.3 Å². The highest BCUT2D eigenvalue weighted by Crippen LogP contribution is 2.28. The number of nitrogens with zero attached hydrogens (tertiary/aromatic N) is 1. The third-order valence-corrected chi connectivity index (χ3v) is 3.71. The first-order valence-electron chi connectivity index (χ1n) is 6.80. The van der Waals surface area contributed by atoms with Crippen molar-refractivity contribution in [1.82, 2.24) is 0 Å². The molecule has 0 unspecified atom stereocenters. The zero-order chi connectivity index (χ0) is 16.8. The van der Waals surface area contributed by atoms with E-state index in [-0.39, 0.29) is 12.5 Å². The van der Waals surface area contributed by atoms with E-state index in [0.29, 0.717) is 22.7 Å². The summed E-state index contributed by atoms with van der Waals surface area (Å²) in [6.45, 7) is 1.80. The third kappa shape index (κ3) is 4.47. The summed E-state index contributed by atoms with van der Waals surface area (Å²) in [5.41, 5.74) is 2.23. The zero-order valence-corrected chi connectivity index (χ0v) is 14.3. The van der Waals surface area contributed by atoms with Gasteiger partial charge in [0, 0.05) is 10.5 Å². The van der Waals surface area contributed by atoms with Crippen molar-refractivity contribution in [1.29, 1.82) is 5.26 Å². The predicted octanol–water partition coefficient (Wildman–Crippen LogP) is 3.66. The van der Waals surface area contributed by atoms with E-state index in [1.807, 2.05) is 31.2 Å². The smallest absolute Gasteiger partial charge is 0.262 e. The van der Waals surface area contributed by atoms with Gasteiger partial charge in [0.15, 0.2) is 18.1 Å². The number of nitrogens with one attached hydrogen (secondary N) is 1. The summed E-state index contributed by atoms with van der Waals surface area (Å²) in [5, 5.41) is 11.6. The summed E-state index contributed by atoms with van der Waals surface area (Å²) >= 11 is 3.40. The minimum atomic E-state index is -0.291. The molecule has 0 aliphatic rings. The lowest BCUT2D eigenvalue weighted by Gasteiger charge is -2.12. The van der Waals surface area contributed by atoms with Crippen LogP contribution in [-0.4, -0.2) is 19.6 Å². The lowest BCUT2D eigenvalue weighted by atomic mass is 10.2. The van der Waals surface area contributed by atoms with Gasteiger partial charge in [-0.25, -0.2) is 0 Å². The average Bonchev–Trinajstić information content (AvgIpc) is 2.55. The summed E-state index contributed by atoms with van der Waals surface area (Å²) in [6, 6.07) is 12.4. The molecule has 23 heavy (non-hydrogen) atoms. The van der Waals surface area contributed by atoms with E-state index in [4.69, 9.17) is 14.7 Å². The molecule has 0 heterocycles. The van der Waals surface area contributed by atoms with E-state index in [2.05, 4.69) is 21.2 Å². The van der Waals surface area contributed by atoms with Crippen molar-refractivity contribution in [2.75, 3.05) is 19.0 Å². The van der Waals surface area contributed by atoms with E-state index >= 15 is 0 Å². The maximum atomic E-state index is 12.0. The maximum absolute atomic E-state index is 12.0. The molecule has 0 spiro atoms. The van der Waals surface area contributed by atoms with Crippen LogP contribution in [0.2, 0.25) is 0 Å². The molecule has 1 amide bonds. The van der Waals surface area contributed by atoms with Crippen LogP contribution < -0.4 is 14.8 Å². The molecule has 5 nitrogen and oxygen atoms in total. The summed E-state index contributed by atoms with van der Waals surface area (Å²) in [7, 11) is 1.48. The van der Waals surface area contributed by atoms with Crippen LogP contribution in [0.25, 0.3) is 0 Å². The van der Waals surface area contributed by atoms with Gasteiger partial charge in [-0.15, -0.1) is 0 Å². The first-order valence-corrected chi connectivity index (χ1v) is 7.59. The van der Waals surface area contributed by atoms with Gasteiger partial charge in [0.2, 0.25) is 0 Å². The van der Waals surface area contributed by atoms with Crippen molar-refractivity contribution in [3.8, 4) is 17.6 Å². The Morgan fingerprint density at radius 3 is 2.70 bits per heavy atom. The van der Waals surface area contributed by atoms with Gasteiger partial charge in [-0.3, -0.25) is 4.79 Å². The standard InChI is InChI=1S/C17H15BrN2O3/c1-11-3-5-14(13(18)7-11)20-17(21)10-23-15-6-4-12(9-19)8-16(15)22-2/h3-8H,10H2,1-2H3,(H,20,21). The largest absolute Gasteiger partial charge is 0.493 e. The molecule has 2 rings (SSSR count). The molecule has 0 radical (unpaired) electrons. The fourth-order valence-corrected chi connectivity index (χ4v) is 2.50. The summed E-state index contributed by atoms with van der Waals surface area (Å²) in [5.74, 6) is 0.527. The Morgan fingerprint density at radius 1 is 1.26 bits per heavy atom. The number of anilines is 1. The number of methoxy groups -OCH3 is 1. The Labute approximate surface area is 143 Å². The SMILES string of the molecule is COc1cc(C#N)ccc1OCC(=O)Nc1ccc(C)cc1Br. The average molecular weight is 375 g/mol. The lowest BCUT2D eigenvalue weighted by molar-refractivity contribution is -0.118. The van der Waals surface area contributed by atoms with Crippen LogP contribution in [0.3, 0.4) is 0 Å². The Balaban J connectivity index is 2.00. The molecular weight excluding hydrogens is 360 g/mol. The van der Waals surface area contributed by atoms with Gasteiger partial charge < -0.3 is 14.8 Å². The number of ether oxygens (including phenoxy) is 2. The van der Waals surface area contributed by atoms with Gasteiger partial charge in [-0.05, 0) is 52.7 Å². The van der Waals surface area contributed by atoms with E-state index < -0.39 is 0 Å². The second-order valence-electron chi connectivity index (χ2n) is 4.80. The van der Waals surface area contributed by atoms with Crippen molar-refractivity contribution in [2.24, 2.45) is 0 Å². The molecular formula is C17H15BrN2O3. The first kappa shape index (κ1) is 16.8. The van der Waals surface area contributed by atoms with Crippen LogP contribution in [0.4, 0.5) is 5.69 Å². The Hall–Kier alpha value is -2.52. The number of rotatable bonds is 5. The minimum absolute atomic E-state index is 0.164. The van der Waals surface area contributed by atoms with Crippen molar-refractivity contribution >= 4 is 27.5 Å². The van der Waals surface area contributed by atoms with Gasteiger partial charge in [0.25, 0.3) is 5.91 Å². The number of hydrogen-bond acceptors (Lipinski definition) is 4. The van der Waals surface area contributed by atoms with Crippen LogP contribution >= 0.6 is 15.9 Å². The number of hydrogen-bond donors (Lipinski definition) is 1. The number of carbonyl (C=O) groups is 1. The van der Waals surface area contributed by atoms with Gasteiger partial charge in [-0.2, -0.15) is 5.26 Å². The molecule has 0 aliphatic heterocycles. The second kappa shape index (κ2) is 7.65. The van der Waals surface area contributed by atoms with E-state index in [1.54, 1.807) is 18.2 Å². The third-order valence-electron chi connectivity index (χ3n) is 3.05. The molecule has 0 bridgehead atoms. The Bertz CT molecular complexity index is 769. The monoisotopic (exact) mass is 374 g/mol. The summed E-state index contributed by atoms with van der Waals surface area (Å²) in [6.07, 6.45) is 0. The van der Waals surface area contributed by atoms with E-state index in [1.165, 1.54) is 7.11 Å². The summed E-state index contributed by atoms with van der Waals surface area (Å²) < 4.78 is 11.4. The topological polar surface area (TPSA) is 71.3 Å². The highest BCUT2D eigenvalue weighted by atomic mass is 79.9. The maximum Gasteiger partial charge on any atom is 0.262 e. The number of amides is 1.